The average molecular weight is 410 g/mol. The Bertz CT molecular complexity index is 1260. The van der Waals surface area contributed by atoms with Crippen molar-refractivity contribution in [1.82, 2.24) is 9.97 Å². The number of benzene rings is 2. The molecule has 2 heterocycles. The summed E-state index contributed by atoms with van der Waals surface area (Å²) in [6, 6.07) is 12.2. The number of nitrogens with one attached hydrogen (secondary N) is 3. The van der Waals surface area contributed by atoms with E-state index in [9.17, 15) is 9.59 Å². The molecule has 0 aliphatic heterocycles. The lowest BCUT2D eigenvalue weighted by atomic mass is 10.0. The van der Waals surface area contributed by atoms with Crippen molar-refractivity contribution in [2.45, 2.75) is 25.7 Å². The molecule has 5 nitrogen and oxygen atoms in total. The number of H-pyrrole nitrogens is 2. The van der Waals surface area contributed by atoms with Crippen LogP contribution in [0.2, 0.25) is 0 Å². The summed E-state index contributed by atoms with van der Waals surface area (Å²) in [7, 11) is 0. The molecule has 0 saturated carbocycles. The Morgan fingerprint density at radius 2 is 1.54 bits per heavy atom. The van der Waals surface area contributed by atoms with Gasteiger partial charge in [-0.15, -0.1) is 11.3 Å². The van der Waals surface area contributed by atoms with Gasteiger partial charge in [-0.2, -0.15) is 0 Å². The van der Waals surface area contributed by atoms with E-state index >= 15 is 0 Å². The maximum absolute atomic E-state index is 11.6. The van der Waals surface area contributed by atoms with Gasteiger partial charge in [0.15, 0.2) is 0 Å². The van der Waals surface area contributed by atoms with Gasteiger partial charge in [0, 0.05) is 15.5 Å². The molecule has 2 aromatic heterocycles. The van der Waals surface area contributed by atoms with E-state index < -0.39 is 11.1 Å². The van der Waals surface area contributed by atoms with Gasteiger partial charge in [-0.25, -0.2) is 0 Å². The highest BCUT2D eigenvalue weighted by Gasteiger charge is 2.10. The zero-order chi connectivity index (χ0) is 19.8. The van der Waals surface area contributed by atoms with Crippen molar-refractivity contribution in [1.29, 1.82) is 0 Å². The van der Waals surface area contributed by atoms with E-state index in [1.54, 1.807) is 11.3 Å². The minimum Gasteiger partial charge on any atom is -0.326 e. The second-order valence-corrected chi connectivity index (χ2v) is 8.53. The van der Waals surface area contributed by atoms with Crippen molar-refractivity contribution in [3.8, 4) is 10.4 Å². The van der Waals surface area contributed by atoms with Crippen LogP contribution < -0.4 is 15.8 Å². The first-order chi connectivity index (χ1) is 13.4. The highest BCUT2D eigenvalue weighted by atomic mass is 32.2. The van der Waals surface area contributed by atoms with Crippen molar-refractivity contribution < 1.29 is 0 Å². The molecule has 0 unspecified atom stereocenters. The number of fused-ring (bicyclic) bond motifs is 1. The molecule has 3 N–H and O–H groups in total. The maximum Gasteiger partial charge on any atom is 0.314 e. The third-order valence-electron chi connectivity index (χ3n) is 4.60. The number of aromatic amines is 2. The van der Waals surface area contributed by atoms with Crippen molar-refractivity contribution in [3.63, 3.8) is 0 Å². The lowest BCUT2D eigenvalue weighted by molar-refractivity contribution is 1.13. The number of hydrogen-bond donors (Lipinski definition) is 3. The van der Waals surface area contributed by atoms with Crippen LogP contribution in [0.4, 0.5) is 5.69 Å². The smallest absolute Gasteiger partial charge is 0.314 e. The van der Waals surface area contributed by atoms with Gasteiger partial charge < -0.3 is 14.7 Å². The minimum absolute atomic E-state index is 0.611. The van der Waals surface area contributed by atoms with Crippen LogP contribution in [-0.4, -0.2) is 9.97 Å². The van der Waals surface area contributed by atoms with Gasteiger partial charge in [0.2, 0.25) is 0 Å². The third kappa shape index (κ3) is 3.50. The van der Waals surface area contributed by atoms with Gasteiger partial charge in [-0.1, -0.05) is 6.07 Å². The summed E-state index contributed by atoms with van der Waals surface area (Å²) in [5.74, 6) is 0. The lowest BCUT2D eigenvalue weighted by Crippen LogP contribution is -2.28. The third-order valence-corrected chi connectivity index (χ3v) is 6.48. The SMILES string of the molecule is Cc1cc2[nH]c(=O)c(=O)[nH]c2cc1SNc1cc(C)c(-c2cccs2)c(C)c1. The lowest BCUT2D eigenvalue weighted by Gasteiger charge is -2.14. The Morgan fingerprint density at radius 1 is 0.893 bits per heavy atom. The fourth-order valence-electron chi connectivity index (χ4n) is 3.31. The molecule has 0 fully saturated rings. The van der Waals surface area contributed by atoms with Crippen LogP contribution in [0, 0.1) is 20.8 Å². The highest BCUT2D eigenvalue weighted by Crippen LogP contribution is 2.34. The van der Waals surface area contributed by atoms with Gasteiger partial charge in [0.25, 0.3) is 0 Å². The van der Waals surface area contributed by atoms with Gasteiger partial charge >= 0.3 is 11.1 Å². The van der Waals surface area contributed by atoms with Crippen LogP contribution in [0.25, 0.3) is 21.5 Å². The van der Waals surface area contributed by atoms with Gasteiger partial charge in [0.05, 0.1) is 11.0 Å². The first-order valence-corrected chi connectivity index (χ1v) is 10.5. The Balaban J connectivity index is 1.63. The van der Waals surface area contributed by atoms with Crippen LogP contribution in [0.15, 0.2) is 56.3 Å². The fourth-order valence-corrected chi connectivity index (χ4v) is 4.95. The highest BCUT2D eigenvalue weighted by molar-refractivity contribution is 8.00. The molecule has 0 aliphatic carbocycles. The van der Waals surface area contributed by atoms with E-state index in [-0.39, 0.29) is 0 Å². The summed E-state index contributed by atoms with van der Waals surface area (Å²) in [6.45, 7) is 6.23. The van der Waals surface area contributed by atoms with Gasteiger partial charge in [-0.3, -0.25) is 9.59 Å². The summed E-state index contributed by atoms with van der Waals surface area (Å²) in [5, 5.41) is 2.09. The number of aromatic nitrogens is 2. The molecule has 2 aromatic carbocycles. The summed E-state index contributed by atoms with van der Waals surface area (Å²) in [4.78, 5) is 30.6. The van der Waals surface area contributed by atoms with E-state index in [0.29, 0.717) is 11.0 Å². The van der Waals surface area contributed by atoms with E-state index in [4.69, 9.17) is 0 Å². The second kappa shape index (κ2) is 7.33. The predicted octanol–water partition coefficient (Wildman–Crippen LogP) is 4.99. The van der Waals surface area contributed by atoms with Crippen LogP contribution in [0.1, 0.15) is 16.7 Å². The maximum atomic E-state index is 11.6. The zero-order valence-electron chi connectivity index (χ0n) is 15.7. The van der Waals surface area contributed by atoms with Crippen LogP contribution in [-0.2, 0) is 0 Å². The molecule has 0 spiro atoms. The Hall–Kier alpha value is -2.77. The molecule has 0 atom stereocenters. The average Bonchev–Trinajstić information content (AvgIpc) is 3.15. The van der Waals surface area contributed by atoms with E-state index in [1.807, 2.05) is 19.1 Å². The minimum atomic E-state index is -0.643. The van der Waals surface area contributed by atoms with Crippen molar-refractivity contribution >= 4 is 40.0 Å². The molecule has 4 rings (SSSR count). The molecular formula is C21H19N3O2S2. The number of anilines is 1. The standard InChI is InChI=1S/C21H19N3O2S2/c1-11-9-15-16(23-21(26)20(25)22-15)10-18(11)28-24-14-7-12(2)19(13(3)8-14)17-5-4-6-27-17/h4-10,24H,1-3H3,(H,22,25)(H,23,26). The van der Waals surface area contributed by atoms with Crippen LogP contribution in [0.3, 0.4) is 0 Å². The molecule has 7 heteroatoms. The monoisotopic (exact) mass is 409 g/mol. The predicted molar refractivity (Wildman–Crippen MR) is 119 cm³/mol. The molecule has 4 aromatic rings. The molecule has 28 heavy (non-hydrogen) atoms. The normalized spacial score (nSPS) is 11.1. The van der Waals surface area contributed by atoms with Crippen LogP contribution >= 0.6 is 23.3 Å². The quantitative estimate of drug-likeness (QED) is 0.328. The first kappa shape index (κ1) is 18.6. The molecule has 0 radical (unpaired) electrons. The molecule has 0 amide bonds. The number of thiophene rings is 1. The molecule has 0 aliphatic rings. The summed E-state index contributed by atoms with van der Waals surface area (Å²) in [5.41, 5.74) is 5.72. The van der Waals surface area contributed by atoms with E-state index in [0.717, 1.165) is 16.1 Å². The number of rotatable bonds is 4. The van der Waals surface area contributed by atoms with Crippen molar-refractivity contribution in [2.24, 2.45) is 0 Å². The summed E-state index contributed by atoms with van der Waals surface area (Å²) < 4.78 is 3.40. The Morgan fingerprint density at radius 3 is 2.14 bits per heavy atom. The zero-order valence-corrected chi connectivity index (χ0v) is 17.3. The molecule has 0 saturated heterocycles. The summed E-state index contributed by atoms with van der Waals surface area (Å²) >= 11 is 3.23. The fraction of sp³-hybridized carbons (Fsp3) is 0.143. The number of hydrogen-bond acceptors (Lipinski definition) is 5. The molecule has 142 valence electrons. The van der Waals surface area contributed by atoms with E-state index in [2.05, 4.69) is 58.2 Å². The molecular weight excluding hydrogens is 390 g/mol. The molecule has 0 bridgehead atoms. The van der Waals surface area contributed by atoms with Crippen molar-refractivity contribution in [2.75, 3.05) is 4.72 Å². The van der Waals surface area contributed by atoms with Gasteiger partial charge in [0.1, 0.15) is 0 Å². The second-order valence-electron chi connectivity index (χ2n) is 6.74. The summed E-state index contributed by atoms with van der Waals surface area (Å²) in [6.07, 6.45) is 0. The topological polar surface area (TPSA) is 77.8 Å². The Labute approximate surface area is 170 Å². The van der Waals surface area contributed by atoms with Gasteiger partial charge in [-0.05, 0) is 90.7 Å². The van der Waals surface area contributed by atoms with Crippen molar-refractivity contribution in [3.05, 3.63) is 79.2 Å². The van der Waals surface area contributed by atoms with Crippen LogP contribution in [0.5, 0.6) is 0 Å². The largest absolute Gasteiger partial charge is 0.326 e. The van der Waals surface area contributed by atoms with E-state index in [1.165, 1.54) is 33.5 Å². The first-order valence-electron chi connectivity index (χ1n) is 8.77. The Kier molecular flexibility index (Phi) is 4.87. The number of aryl methyl sites for hydroxylation is 3.